The van der Waals surface area contributed by atoms with Crippen LogP contribution in [-0.2, 0) is 16.1 Å². The predicted octanol–water partition coefficient (Wildman–Crippen LogP) is 4.12. The summed E-state index contributed by atoms with van der Waals surface area (Å²) in [6.45, 7) is 4.34. The molecule has 0 aliphatic carbocycles. The molecule has 0 atom stereocenters. The predicted molar refractivity (Wildman–Crippen MR) is 150 cm³/mol. The lowest BCUT2D eigenvalue weighted by atomic mass is 10.1. The number of ether oxygens (including phenoxy) is 2. The zero-order chi connectivity index (χ0) is 27.7. The summed E-state index contributed by atoms with van der Waals surface area (Å²) in [5.41, 5.74) is 7.86. The number of hydrogen-bond acceptors (Lipinski definition) is 7. The molecule has 0 saturated heterocycles. The molecule has 0 radical (unpaired) electrons. The minimum atomic E-state index is -1.11. The first kappa shape index (κ1) is 29.0. The Morgan fingerprint density at radius 3 is 2.66 bits per heavy atom. The fourth-order valence-corrected chi connectivity index (χ4v) is 3.89. The van der Waals surface area contributed by atoms with E-state index in [-0.39, 0.29) is 25.5 Å². The second kappa shape index (κ2) is 13.3. The molecule has 3 rings (SSSR count). The molecule has 0 fully saturated rings. The van der Waals surface area contributed by atoms with E-state index < -0.39 is 5.60 Å². The second-order valence-electron chi connectivity index (χ2n) is 9.14. The Morgan fingerprint density at radius 2 is 1.97 bits per heavy atom. The number of carbonyl (C=O) groups excluding carboxylic acids is 1. The Hall–Kier alpha value is -3.57. The van der Waals surface area contributed by atoms with Crippen molar-refractivity contribution in [2.75, 3.05) is 37.5 Å². The van der Waals surface area contributed by atoms with Crippen LogP contribution in [0.2, 0.25) is 5.02 Å². The zero-order valence-electron chi connectivity index (χ0n) is 21.7. The maximum atomic E-state index is 12.1. The SMILES string of the molecule is CNc1ccn(CCOCCO)c1C(N)=Nc1ccc(Oc2cccc(NC(=O)CC(C)(C)O)c2)c(Cl)c1. The van der Waals surface area contributed by atoms with Gasteiger partial charge in [0.05, 0.1) is 48.2 Å². The molecule has 204 valence electrons. The second-order valence-corrected chi connectivity index (χ2v) is 9.54. The third-order valence-corrected chi connectivity index (χ3v) is 5.59. The van der Waals surface area contributed by atoms with Crippen LogP contribution in [-0.4, -0.2) is 59.0 Å². The number of benzene rings is 2. The van der Waals surface area contributed by atoms with E-state index >= 15 is 0 Å². The van der Waals surface area contributed by atoms with E-state index in [1.54, 1.807) is 63.4 Å². The molecule has 0 saturated carbocycles. The van der Waals surface area contributed by atoms with Gasteiger partial charge in [0.15, 0.2) is 0 Å². The van der Waals surface area contributed by atoms with Gasteiger partial charge in [0, 0.05) is 31.5 Å². The van der Waals surface area contributed by atoms with E-state index in [1.807, 2.05) is 16.8 Å². The van der Waals surface area contributed by atoms with Crippen LogP contribution in [0.4, 0.5) is 17.1 Å². The molecule has 1 heterocycles. The molecule has 3 aromatic rings. The number of halogens is 1. The first-order valence-electron chi connectivity index (χ1n) is 12.1. The fourth-order valence-electron chi connectivity index (χ4n) is 3.67. The van der Waals surface area contributed by atoms with Crippen LogP contribution >= 0.6 is 11.6 Å². The Morgan fingerprint density at radius 1 is 1.18 bits per heavy atom. The van der Waals surface area contributed by atoms with Crippen LogP contribution in [0.5, 0.6) is 11.5 Å². The van der Waals surface area contributed by atoms with E-state index in [9.17, 15) is 9.90 Å². The minimum absolute atomic E-state index is 0.0323. The van der Waals surface area contributed by atoms with Gasteiger partial charge in [-0.05, 0) is 50.2 Å². The van der Waals surface area contributed by atoms with Crippen molar-refractivity contribution in [2.45, 2.75) is 32.4 Å². The Kier molecular flexibility index (Phi) is 10.1. The van der Waals surface area contributed by atoms with Crippen LogP contribution in [0.1, 0.15) is 26.0 Å². The molecule has 0 spiro atoms. The van der Waals surface area contributed by atoms with Gasteiger partial charge in [0.25, 0.3) is 0 Å². The topological polar surface area (TPSA) is 143 Å². The quantitative estimate of drug-likeness (QED) is 0.124. The van der Waals surface area contributed by atoms with Crippen molar-refractivity contribution in [3.63, 3.8) is 0 Å². The third kappa shape index (κ3) is 8.49. The summed E-state index contributed by atoms with van der Waals surface area (Å²) in [7, 11) is 1.80. The van der Waals surface area contributed by atoms with Gasteiger partial charge in [-0.25, -0.2) is 4.99 Å². The minimum Gasteiger partial charge on any atom is -0.456 e. The van der Waals surface area contributed by atoms with Crippen LogP contribution < -0.4 is 21.1 Å². The molecule has 6 N–H and O–H groups in total. The Balaban J connectivity index is 1.73. The highest BCUT2D eigenvalue weighted by atomic mass is 35.5. The number of amidine groups is 1. The number of hydrogen-bond donors (Lipinski definition) is 5. The number of aliphatic hydroxyl groups is 2. The van der Waals surface area contributed by atoms with E-state index in [1.165, 1.54) is 0 Å². The van der Waals surface area contributed by atoms with Crippen molar-refractivity contribution in [3.05, 3.63) is 65.4 Å². The molecule has 1 aromatic heterocycles. The summed E-state index contributed by atoms with van der Waals surface area (Å²) < 4.78 is 13.2. The molecule has 0 bridgehead atoms. The lowest BCUT2D eigenvalue weighted by Crippen LogP contribution is -2.27. The molecule has 0 unspecified atom stereocenters. The van der Waals surface area contributed by atoms with Crippen LogP contribution in [0, 0.1) is 0 Å². The maximum Gasteiger partial charge on any atom is 0.227 e. The van der Waals surface area contributed by atoms with Crippen molar-refractivity contribution in [3.8, 4) is 11.5 Å². The zero-order valence-corrected chi connectivity index (χ0v) is 22.5. The monoisotopic (exact) mass is 543 g/mol. The van der Waals surface area contributed by atoms with Gasteiger partial charge in [-0.3, -0.25) is 4.79 Å². The van der Waals surface area contributed by atoms with Gasteiger partial charge in [0.1, 0.15) is 23.0 Å². The molecule has 1 amide bonds. The van der Waals surface area contributed by atoms with Gasteiger partial charge in [-0.15, -0.1) is 0 Å². The first-order chi connectivity index (χ1) is 18.1. The van der Waals surface area contributed by atoms with E-state index in [2.05, 4.69) is 15.6 Å². The molecule has 38 heavy (non-hydrogen) atoms. The summed E-state index contributed by atoms with van der Waals surface area (Å²) in [4.78, 5) is 16.7. The molecular formula is C27H34ClN5O5. The smallest absolute Gasteiger partial charge is 0.227 e. The van der Waals surface area contributed by atoms with Gasteiger partial charge in [0.2, 0.25) is 5.91 Å². The standard InChI is InChI=1S/C27H34ClN5O5/c1-27(2,36)17-24(35)31-18-5-4-6-20(15-18)38-23-8-7-19(16-21(23)28)32-26(29)25-22(30-3)9-10-33(25)11-13-37-14-12-34/h4-10,15-16,30,34,36H,11-14,17H2,1-3H3,(H2,29,32)(H,31,35). The highest BCUT2D eigenvalue weighted by Gasteiger charge is 2.18. The summed E-state index contributed by atoms with van der Waals surface area (Å²) in [5, 5.41) is 24.9. The van der Waals surface area contributed by atoms with Crippen LogP contribution in [0.25, 0.3) is 0 Å². The maximum absolute atomic E-state index is 12.1. The summed E-state index contributed by atoms with van der Waals surface area (Å²) >= 11 is 6.49. The normalized spacial score (nSPS) is 11.9. The van der Waals surface area contributed by atoms with Gasteiger partial charge in [-0.1, -0.05) is 17.7 Å². The Bertz CT molecular complexity index is 1270. The lowest BCUT2D eigenvalue weighted by Gasteiger charge is -2.16. The van der Waals surface area contributed by atoms with Crippen LogP contribution in [0.15, 0.2) is 59.7 Å². The highest BCUT2D eigenvalue weighted by Crippen LogP contribution is 2.34. The highest BCUT2D eigenvalue weighted by molar-refractivity contribution is 6.32. The average Bonchev–Trinajstić information content (AvgIpc) is 3.25. The number of aliphatic hydroxyl groups excluding tert-OH is 1. The van der Waals surface area contributed by atoms with E-state index in [0.717, 1.165) is 5.69 Å². The number of anilines is 2. The largest absolute Gasteiger partial charge is 0.456 e. The molecule has 11 heteroatoms. The first-order valence-corrected chi connectivity index (χ1v) is 12.5. The van der Waals surface area contributed by atoms with Crippen LogP contribution in [0.3, 0.4) is 0 Å². The van der Waals surface area contributed by atoms with E-state index in [0.29, 0.717) is 52.6 Å². The number of aromatic nitrogens is 1. The molecular weight excluding hydrogens is 510 g/mol. The van der Waals surface area contributed by atoms with Gasteiger partial charge >= 0.3 is 0 Å². The molecule has 10 nitrogen and oxygen atoms in total. The van der Waals surface area contributed by atoms with Crippen molar-refractivity contribution >= 4 is 40.4 Å². The summed E-state index contributed by atoms with van der Waals surface area (Å²) in [5.74, 6) is 0.867. The number of amides is 1. The van der Waals surface area contributed by atoms with E-state index in [4.69, 9.17) is 31.9 Å². The van der Waals surface area contributed by atoms with Crippen molar-refractivity contribution in [1.82, 2.24) is 4.57 Å². The molecule has 0 aliphatic heterocycles. The number of nitrogens with one attached hydrogen (secondary N) is 2. The number of carbonyl (C=O) groups is 1. The van der Waals surface area contributed by atoms with Crippen molar-refractivity contribution < 1.29 is 24.5 Å². The number of nitrogens with zero attached hydrogens (tertiary/aromatic N) is 2. The summed E-state index contributed by atoms with van der Waals surface area (Å²) in [6.07, 6.45) is 1.85. The fraction of sp³-hybridized carbons (Fsp3) is 0.333. The third-order valence-electron chi connectivity index (χ3n) is 5.29. The Labute approximate surface area is 227 Å². The molecule has 2 aromatic carbocycles. The average molecular weight is 544 g/mol. The number of rotatable bonds is 13. The van der Waals surface area contributed by atoms with Gasteiger partial charge in [-0.2, -0.15) is 0 Å². The van der Waals surface area contributed by atoms with Crippen molar-refractivity contribution in [2.24, 2.45) is 10.7 Å². The summed E-state index contributed by atoms with van der Waals surface area (Å²) in [6, 6.07) is 13.8. The lowest BCUT2D eigenvalue weighted by molar-refractivity contribution is -0.119. The number of nitrogens with two attached hydrogens (primary N) is 1. The van der Waals surface area contributed by atoms with Crippen molar-refractivity contribution in [1.29, 1.82) is 0 Å². The number of aliphatic imine (C=N–C) groups is 1. The molecule has 0 aliphatic rings. The van der Waals surface area contributed by atoms with Gasteiger partial charge < -0.3 is 40.6 Å².